The molecule has 2 heterocycles. The predicted octanol–water partition coefficient (Wildman–Crippen LogP) is 16.1. The Morgan fingerprint density at radius 2 is 0.706 bits per heavy atom. The molecule has 0 amide bonds. The van der Waals surface area contributed by atoms with E-state index in [1.165, 1.54) is 44.5 Å². The molecule has 0 atom stereocenters. The molecule has 13 rings (SSSR count). The van der Waals surface area contributed by atoms with Crippen molar-refractivity contribution in [2.24, 2.45) is 0 Å². The summed E-state index contributed by atoms with van der Waals surface area (Å²) in [4.78, 5) is 14.8. The van der Waals surface area contributed by atoms with Gasteiger partial charge < -0.3 is 4.42 Å². The Bertz CT molecular complexity index is 3710. The summed E-state index contributed by atoms with van der Waals surface area (Å²) in [7, 11) is 0. The number of benzene rings is 10. The maximum Gasteiger partial charge on any atom is 0.164 e. The van der Waals surface area contributed by atoms with Crippen LogP contribution in [0, 0.1) is 0 Å². The fraction of sp³-hybridized carbons (Fsp3) is 0.0156. The monoisotopic (exact) mass is 867 g/mol. The second kappa shape index (κ2) is 16.2. The van der Waals surface area contributed by atoms with Crippen LogP contribution in [0.3, 0.4) is 0 Å². The average molecular weight is 868 g/mol. The Labute approximate surface area is 394 Å². The average Bonchev–Trinajstić information content (AvgIpc) is 3.94. The first-order chi connectivity index (χ1) is 33.7. The van der Waals surface area contributed by atoms with Gasteiger partial charge in [-0.2, -0.15) is 0 Å². The molecule has 0 bridgehead atoms. The van der Waals surface area contributed by atoms with Crippen molar-refractivity contribution in [3.05, 3.63) is 271 Å². The zero-order valence-corrected chi connectivity index (χ0v) is 36.9. The van der Waals surface area contributed by atoms with Gasteiger partial charge in [-0.1, -0.05) is 218 Å². The van der Waals surface area contributed by atoms with Gasteiger partial charge in [0.15, 0.2) is 17.5 Å². The molecule has 0 unspecified atom stereocenters. The van der Waals surface area contributed by atoms with Crippen LogP contribution in [0.15, 0.2) is 253 Å². The van der Waals surface area contributed by atoms with E-state index >= 15 is 0 Å². The first-order valence-electron chi connectivity index (χ1n) is 23.1. The van der Waals surface area contributed by atoms with Crippen LogP contribution in [0.25, 0.3) is 101 Å². The van der Waals surface area contributed by atoms with Crippen LogP contribution in [0.4, 0.5) is 0 Å². The maximum atomic E-state index is 6.33. The minimum absolute atomic E-state index is 0.531. The van der Waals surface area contributed by atoms with Crippen molar-refractivity contribution in [2.75, 3.05) is 0 Å². The van der Waals surface area contributed by atoms with Crippen molar-refractivity contribution in [3.8, 4) is 78.7 Å². The fourth-order valence-electron chi connectivity index (χ4n) is 10.5. The molecule has 68 heavy (non-hydrogen) atoms. The third-order valence-electron chi connectivity index (χ3n) is 13.7. The molecule has 0 saturated heterocycles. The molecule has 1 aliphatic carbocycles. The number of nitrogens with zero attached hydrogens (tertiary/aromatic N) is 3. The SMILES string of the molecule is c1ccc(-c2nc(-c3ccccc3)nc(-c3ccc(-c4ccc(-c5cc6c(cc5-c5ccc7oc8ccccc8c7c5)-c5ccccc5C6(c5ccccc5)c5ccccc5)cc4)cc3)n2)cc1. The number of hydrogen-bond acceptors (Lipinski definition) is 4. The molecule has 10 aromatic carbocycles. The smallest absolute Gasteiger partial charge is 0.164 e. The van der Waals surface area contributed by atoms with E-state index in [0.29, 0.717) is 17.5 Å². The van der Waals surface area contributed by atoms with Crippen LogP contribution >= 0.6 is 0 Å². The molecule has 1 aliphatic rings. The third kappa shape index (κ3) is 6.49. The molecule has 0 fully saturated rings. The second-order valence-corrected chi connectivity index (χ2v) is 17.5. The normalized spacial score (nSPS) is 12.5. The van der Waals surface area contributed by atoms with Crippen molar-refractivity contribution in [2.45, 2.75) is 5.41 Å². The van der Waals surface area contributed by atoms with Crippen LogP contribution in [-0.2, 0) is 5.41 Å². The summed E-state index contributed by atoms with van der Waals surface area (Å²) in [5, 5.41) is 2.22. The molecule has 318 valence electrons. The van der Waals surface area contributed by atoms with E-state index in [9.17, 15) is 0 Å². The van der Waals surface area contributed by atoms with Gasteiger partial charge in [-0.05, 0) is 97.1 Å². The Balaban J connectivity index is 0.951. The summed E-state index contributed by atoms with van der Waals surface area (Å²) in [5.41, 5.74) is 18.4. The van der Waals surface area contributed by atoms with Crippen molar-refractivity contribution in [1.29, 1.82) is 0 Å². The summed E-state index contributed by atoms with van der Waals surface area (Å²) in [6.07, 6.45) is 0. The molecule has 0 N–H and O–H groups in total. The lowest BCUT2D eigenvalue weighted by molar-refractivity contribution is 0.669. The Kier molecular flexibility index (Phi) is 9.36. The molecule has 4 heteroatoms. The van der Waals surface area contributed by atoms with Gasteiger partial charge in [-0.3, -0.25) is 0 Å². The van der Waals surface area contributed by atoms with E-state index in [4.69, 9.17) is 19.4 Å². The molecular formula is C64H41N3O. The van der Waals surface area contributed by atoms with Crippen LogP contribution in [0.1, 0.15) is 22.3 Å². The molecule has 0 spiro atoms. The van der Waals surface area contributed by atoms with Gasteiger partial charge in [0.05, 0.1) is 5.41 Å². The molecule has 0 radical (unpaired) electrons. The standard InChI is InChI=1S/C64H41N3O/c1-5-17-45(18-6-1)61-65-62(46-19-7-2-8-20-46)67-63(66-61)47-35-31-43(32-36-47)42-29-33-44(34-30-42)54-41-58-55(40-53(54)48-37-38-60-56(39-48)52-26-14-16-28-59(52)68-60)51-25-13-15-27-57(51)64(58,49-21-9-3-10-22-49)50-23-11-4-12-24-50/h1-41H. The van der Waals surface area contributed by atoms with Gasteiger partial charge in [0.1, 0.15) is 11.2 Å². The van der Waals surface area contributed by atoms with E-state index < -0.39 is 5.41 Å². The fourth-order valence-corrected chi connectivity index (χ4v) is 10.5. The second-order valence-electron chi connectivity index (χ2n) is 17.5. The van der Waals surface area contributed by atoms with E-state index in [2.05, 4.69) is 176 Å². The zero-order chi connectivity index (χ0) is 45.0. The molecule has 0 aliphatic heterocycles. The van der Waals surface area contributed by atoms with Gasteiger partial charge in [-0.25, -0.2) is 15.0 Å². The van der Waals surface area contributed by atoms with Gasteiger partial charge in [-0.15, -0.1) is 0 Å². The number of hydrogen-bond donors (Lipinski definition) is 0. The van der Waals surface area contributed by atoms with Crippen LogP contribution < -0.4 is 0 Å². The van der Waals surface area contributed by atoms with E-state index in [1.54, 1.807) is 0 Å². The lowest BCUT2D eigenvalue weighted by atomic mass is 9.67. The highest BCUT2D eigenvalue weighted by molar-refractivity contribution is 6.07. The lowest BCUT2D eigenvalue weighted by Crippen LogP contribution is -2.28. The number of para-hydroxylation sites is 1. The predicted molar refractivity (Wildman–Crippen MR) is 277 cm³/mol. The van der Waals surface area contributed by atoms with Crippen LogP contribution in [0.5, 0.6) is 0 Å². The van der Waals surface area contributed by atoms with Crippen molar-refractivity contribution < 1.29 is 4.42 Å². The molecule has 2 aromatic heterocycles. The number of furan rings is 1. The minimum Gasteiger partial charge on any atom is -0.456 e. The van der Waals surface area contributed by atoms with Crippen LogP contribution in [-0.4, -0.2) is 15.0 Å². The number of fused-ring (bicyclic) bond motifs is 6. The highest BCUT2D eigenvalue weighted by Gasteiger charge is 2.46. The summed E-state index contributed by atoms with van der Waals surface area (Å²) in [6.45, 7) is 0. The van der Waals surface area contributed by atoms with Crippen molar-refractivity contribution in [3.63, 3.8) is 0 Å². The van der Waals surface area contributed by atoms with Gasteiger partial charge in [0.25, 0.3) is 0 Å². The Morgan fingerprint density at radius 1 is 0.265 bits per heavy atom. The minimum atomic E-state index is -0.531. The van der Waals surface area contributed by atoms with Crippen molar-refractivity contribution >= 4 is 21.9 Å². The zero-order valence-electron chi connectivity index (χ0n) is 36.9. The molecule has 4 nitrogen and oxygen atoms in total. The van der Waals surface area contributed by atoms with Gasteiger partial charge in [0.2, 0.25) is 0 Å². The topological polar surface area (TPSA) is 51.8 Å². The van der Waals surface area contributed by atoms with Gasteiger partial charge in [0, 0.05) is 27.5 Å². The van der Waals surface area contributed by atoms with Crippen molar-refractivity contribution in [1.82, 2.24) is 15.0 Å². The number of aromatic nitrogens is 3. The molecular weight excluding hydrogens is 827 g/mol. The van der Waals surface area contributed by atoms with E-state index in [0.717, 1.165) is 60.9 Å². The highest BCUT2D eigenvalue weighted by atomic mass is 16.3. The first kappa shape index (κ1) is 39.4. The Hall–Kier alpha value is -8.99. The summed E-state index contributed by atoms with van der Waals surface area (Å²) in [5.74, 6) is 1.92. The quantitative estimate of drug-likeness (QED) is 0.153. The van der Waals surface area contributed by atoms with Crippen LogP contribution in [0.2, 0.25) is 0 Å². The highest BCUT2D eigenvalue weighted by Crippen LogP contribution is 2.58. The molecule has 12 aromatic rings. The third-order valence-corrected chi connectivity index (χ3v) is 13.7. The first-order valence-corrected chi connectivity index (χ1v) is 23.1. The largest absolute Gasteiger partial charge is 0.456 e. The summed E-state index contributed by atoms with van der Waals surface area (Å²) in [6, 6.07) is 88.7. The Morgan fingerprint density at radius 3 is 1.31 bits per heavy atom. The summed E-state index contributed by atoms with van der Waals surface area (Å²) < 4.78 is 6.33. The van der Waals surface area contributed by atoms with Gasteiger partial charge >= 0.3 is 0 Å². The number of rotatable bonds is 8. The van der Waals surface area contributed by atoms with E-state index in [-0.39, 0.29) is 0 Å². The maximum absolute atomic E-state index is 6.33. The molecule has 0 saturated carbocycles. The van der Waals surface area contributed by atoms with E-state index in [1.807, 2.05) is 72.8 Å². The summed E-state index contributed by atoms with van der Waals surface area (Å²) >= 11 is 0. The lowest BCUT2D eigenvalue weighted by Gasteiger charge is -2.34.